The number of nitrogens with zero attached hydrogens (tertiary/aromatic N) is 3. The maximum absolute atomic E-state index is 11.2. The summed E-state index contributed by atoms with van der Waals surface area (Å²) in [5, 5.41) is 27.2. The van der Waals surface area contributed by atoms with E-state index in [9.17, 15) is 14.9 Å². The van der Waals surface area contributed by atoms with Crippen LogP contribution in [0.3, 0.4) is 0 Å². The Labute approximate surface area is 123 Å². The zero-order chi connectivity index (χ0) is 16.0. The van der Waals surface area contributed by atoms with Crippen molar-refractivity contribution >= 4 is 17.5 Å². The molecule has 1 unspecified atom stereocenters. The number of carbonyl (C=O) groups is 1. The molecule has 0 aliphatic rings. The Morgan fingerprint density at radius 2 is 2.24 bits per heavy atom. The van der Waals surface area contributed by atoms with Crippen LogP contribution in [0.2, 0.25) is 0 Å². The lowest BCUT2D eigenvalue weighted by atomic mass is 10.1. The van der Waals surface area contributed by atoms with Crippen LogP contribution in [-0.4, -0.2) is 32.3 Å². The molecule has 0 saturated carbocycles. The van der Waals surface area contributed by atoms with Gasteiger partial charge in [-0.2, -0.15) is 5.10 Å². The van der Waals surface area contributed by atoms with Gasteiger partial charge in [-0.1, -0.05) is 20.3 Å². The van der Waals surface area contributed by atoms with E-state index in [1.165, 1.54) is 4.68 Å². The number of nitro groups is 1. The second-order valence-corrected chi connectivity index (χ2v) is 5.08. The van der Waals surface area contributed by atoms with Crippen LogP contribution in [0.4, 0.5) is 11.5 Å². The summed E-state index contributed by atoms with van der Waals surface area (Å²) in [7, 11) is 1.66. The highest BCUT2D eigenvalue weighted by atomic mass is 16.6. The third-order valence-electron chi connectivity index (χ3n) is 3.29. The van der Waals surface area contributed by atoms with Crippen LogP contribution in [0.1, 0.15) is 38.8 Å². The van der Waals surface area contributed by atoms with Gasteiger partial charge in [0.25, 0.3) is 0 Å². The van der Waals surface area contributed by atoms with Crippen LogP contribution >= 0.6 is 0 Å². The highest BCUT2D eigenvalue weighted by Crippen LogP contribution is 2.28. The van der Waals surface area contributed by atoms with Crippen LogP contribution < -0.4 is 5.32 Å². The average Bonchev–Trinajstić information content (AvgIpc) is 2.71. The molecule has 8 heteroatoms. The predicted molar refractivity (Wildman–Crippen MR) is 78.4 cm³/mol. The van der Waals surface area contributed by atoms with Gasteiger partial charge in [-0.05, 0) is 19.3 Å². The lowest BCUT2D eigenvalue weighted by Crippen LogP contribution is -2.13. The Morgan fingerprint density at radius 3 is 2.76 bits per heavy atom. The molecule has 0 bridgehead atoms. The summed E-state index contributed by atoms with van der Waals surface area (Å²) in [6.07, 6.45) is 2.49. The van der Waals surface area contributed by atoms with E-state index >= 15 is 0 Å². The molecule has 0 fully saturated rings. The topological polar surface area (TPSA) is 110 Å². The van der Waals surface area contributed by atoms with Gasteiger partial charge in [-0.15, -0.1) is 0 Å². The SMILES string of the molecule is CCCc1nn(C)c(NCCCC(C)C(=O)O)c1[N+](=O)[O-]. The Hall–Kier alpha value is -2.12. The summed E-state index contributed by atoms with van der Waals surface area (Å²) in [6, 6.07) is 0. The van der Waals surface area contributed by atoms with Crippen molar-refractivity contribution in [1.82, 2.24) is 9.78 Å². The van der Waals surface area contributed by atoms with Gasteiger partial charge in [-0.3, -0.25) is 14.9 Å². The smallest absolute Gasteiger partial charge is 0.333 e. The number of hydrogen-bond donors (Lipinski definition) is 2. The number of aryl methyl sites for hydroxylation is 2. The van der Waals surface area contributed by atoms with Crippen molar-refractivity contribution in [3.05, 3.63) is 15.8 Å². The summed E-state index contributed by atoms with van der Waals surface area (Å²) in [5.74, 6) is -0.859. The lowest BCUT2D eigenvalue weighted by Gasteiger charge is -2.08. The van der Waals surface area contributed by atoms with Crippen molar-refractivity contribution in [2.75, 3.05) is 11.9 Å². The van der Waals surface area contributed by atoms with Crippen molar-refractivity contribution in [1.29, 1.82) is 0 Å². The number of hydrogen-bond acceptors (Lipinski definition) is 5. The molecular weight excluding hydrogens is 276 g/mol. The van der Waals surface area contributed by atoms with E-state index < -0.39 is 16.8 Å². The molecule has 1 rings (SSSR count). The Kier molecular flexibility index (Phi) is 6.13. The van der Waals surface area contributed by atoms with Crippen molar-refractivity contribution < 1.29 is 14.8 Å². The van der Waals surface area contributed by atoms with E-state index in [-0.39, 0.29) is 5.69 Å². The van der Waals surface area contributed by atoms with Gasteiger partial charge in [0, 0.05) is 13.6 Å². The first-order valence-corrected chi connectivity index (χ1v) is 7.05. The first-order chi connectivity index (χ1) is 9.88. The molecule has 8 nitrogen and oxygen atoms in total. The number of aliphatic carboxylic acids is 1. The van der Waals surface area contributed by atoms with Gasteiger partial charge in [0.05, 0.1) is 10.8 Å². The number of rotatable bonds is 9. The van der Waals surface area contributed by atoms with Crippen LogP contribution in [0.15, 0.2) is 0 Å². The number of carboxylic acid groups (broad SMARTS) is 1. The molecule has 1 atom stereocenters. The summed E-state index contributed by atoms with van der Waals surface area (Å²) in [5.41, 5.74) is 0.497. The molecule has 0 saturated heterocycles. The summed E-state index contributed by atoms with van der Waals surface area (Å²) in [6.45, 7) is 4.07. The molecule has 1 aromatic heterocycles. The lowest BCUT2D eigenvalue weighted by molar-refractivity contribution is -0.384. The third-order valence-corrected chi connectivity index (χ3v) is 3.29. The molecule has 118 valence electrons. The van der Waals surface area contributed by atoms with Gasteiger partial charge in [0.1, 0.15) is 5.69 Å². The minimum absolute atomic E-state index is 0.0191. The summed E-state index contributed by atoms with van der Waals surface area (Å²) < 4.78 is 1.48. The van der Waals surface area contributed by atoms with Crippen molar-refractivity contribution in [2.45, 2.75) is 39.5 Å². The van der Waals surface area contributed by atoms with E-state index in [1.54, 1.807) is 14.0 Å². The van der Waals surface area contributed by atoms with Crippen LogP contribution in [0.25, 0.3) is 0 Å². The molecule has 21 heavy (non-hydrogen) atoms. The Bertz CT molecular complexity index is 513. The number of aromatic nitrogens is 2. The first kappa shape index (κ1) is 16.9. The number of nitrogens with one attached hydrogen (secondary N) is 1. The normalized spacial score (nSPS) is 12.1. The predicted octanol–water partition coefficient (Wildman–Crippen LogP) is 2.19. The Morgan fingerprint density at radius 1 is 1.57 bits per heavy atom. The van der Waals surface area contributed by atoms with E-state index in [0.29, 0.717) is 37.3 Å². The molecule has 0 aromatic carbocycles. The fourth-order valence-corrected chi connectivity index (χ4v) is 2.10. The minimum atomic E-state index is -0.827. The molecule has 0 amide bonds. The monoisotopic (exact) mass is 298 g/mol. The fraction of sp³-hybridized carbons (Fsp3) is 0.692. The molecule has 2 N–H and O–H groups in total. The second kappa shape index (κ2) is 7.61. The zero-order valence-corrected chi connectivity index (χ0v) is 12.6. The second-order valence-electron chi connectivity index (χ2n) is 5.08. The van der Waals surface area contributed by atoms with E-state index in [2.05, 4.69) is 10.4 Å². The van der Waals surface area contributed by atoms with Gasteiger partial charge >= 0.3 is 11.7 Å². The maximum atomic E-state index is 11.2. The highest BCUT2D eigenvalue weighted by Gasteiger charge is 2.25. The Balaban J connectivity index is 2.70. The summed E-state index contributed by atoms with van der Waals surface area (Å²) in [4.78, 5) is 21.5. The van der Waals surface area contributed by atoms with Gasteiger partial charge in [0.15, 0.2) is 0 Å². The van der Waals surface area contributed by atoms with E-state index in [0.717, 1.165) is 6.42 Å². The van der Waals surface area contributed by atoms with Crippen LogP contribution in [-0.2, 0) is 18.3 Å². The van der Waals surface area contributed by atoms with Crippen molar-refractivity contribution in [2.24, 2.45) is 13.0 Å². The first-order valence-electron chi connectivity index (χ1n) is 7.05. The van der Waals surface area contributed by atoms with Gasteiger partial charge in [0.2, 0.25) is 5.82 Å². The maximum Gasteiger partial charge on any atom is 0.333 e. The highest BCUT2D eigenvalue weighted by molar-refractivity contribution is 5.69. The molecule has 0 spiro atoms. The average molecular weight is 298 g/mol. The zero-order valence-electron chi connectivity index (χ0n) is 12.6. The van der Waals surface area contributed by atoms with Crippen molar-refractivity contribution in [3.63, 3.8) is 0 Å². The molecule has 0 aliphatic carbocycles. The standard InChI is InChI=1S/C13H22N4O4/c1-4-6-10-11(17(20)21)12(16(3)15-10)14-8-5-7-9(2)13(18)19/h9,14H,4-8H2,1-3H3,(H,18,19). The van der Waals surface area contributed by atoms with E-state index in [4.69, 9.17) is 5.11 Å². The molecular formula is C13H22N4O4. The minimum Gasteiger partial charge on any atom is -0.481 e. The largest absolute Gasteiger partial charge is 0.481 e. The number of carboxylic acids is 1. The number of anilines is 1. The van der Waals surface area contributed by atoms with Crippen LogP contribution in [0, 0.1) is 16.0 Å². The molecule has 1 aromatic rings. The molecule has 0 aliphatic heterocycles. The summed E-state index contributed by atoms with van der Waals surface area (Å²) >= 11 is 0. The van der Waals surface area contributed by atoms with Crippen LogP contribution in [0.5, 0.6) is 0 Å². The van der Waals surface area contributed by atoms with Gasteiger partial charge in [-0.25, -0.2) is 4.68 Å². The van der Waals surface area contributed by atoms with Crippen molar-refractivity contribution in [3.8, 4) is 0 Å². The fourth-order valence-electron chi connectivity index (χ4n) is 2.10. The molecule has 0 radical (unpaired) electrons. The van der Waals surface area contributed by atoms with Gasteiger partial charge < -0.3 is 10.4 Å². The third kappa shape index (κ3) is 4.44. The van der Waals surface area contributed by atoms with E-state index in [1.807, 2.05) is 6.92 Å². The quantitative estimate of drug-likeness (QED) is 0.411. The molecule has 1 heterocycles.